The van der Waals surface area contributed by atoms with Crippen LogP contribution in [0, 0.1) is 0 Å². The summed E-state index contributed by atoms with van der Waals surface area (Å²) in [5, 5.41) is 1.01. The molecule has 0 N–H and O–H groups in total. The molecule has 0 atom stereocenters. The number of nitrogens with zero attached hydrogens (tertiary/aromatic N) is 2. The van der Waals surface area contributed by atoms with Crippen molar-refractivity contribution in [3.05, 3.63) is 42.1 Å². The van der Waals surface area contributed by atoms with Crippen LogP contribution in [0.1, 0.15) is 25.3 Å². The number of fused-ring (bicyclic) bond motifs is 1. The Hall–Kier alpha value is -1.95. The minimum atomic E-state index is -3.33. The third-order valence-corrected chi connectivity index (χ3v) is 4.31. The first-order valence-corrected chi connectivity index (χ1v) is 9.74. The van der Waals surface area contributed by atoms with Gasteiger partial charge in [-0.25, -0.2) is 8.42 Å². The van der Waals surface area contributed by atoms with E-state index in [1.165, 1.54) is 0 Å². The van der Waals surface area contributed by atoms with Gasteiger partial charge in [-0.05, 0) is 24.1 Å². The van der Waals surface area contributed by atoms with Crippen LogP contribution in [-0.2, 0) is 21.2 Å². The van der Waals surface area contributed by atoms with Crippen LogP contribution in [0.2, 0.25) is 0 Å². The van der Waals surface area contributed by atoms with Gasteiger partial charge in [-0.3, -0.25) is 9.78 Å². The van der Waals surface area contributed by atoms with Gasteiger partial charge < -0.3 is 4.90 Å². The molecule has 1 heterocycles. The number of carbonyl (C=O) groups excluding carboxylic acids is 1. The maximum Gasteiger partial charge on any atom is 0.238 e. The first-order chi connectivity index (χ1) is 10.9. The molecule has 0 aliphatic heterocycles. The third-order valence-electron chi connectivity index (χ3n) is 3.54. The lowest BCUT2D eigenvalue weighted by atomic mass is 10.1. The fourth-order valence-electron chi connectivity index (χ4n) is 2.38. The van der Waals surface area contributed by atoms with Gasteiger partial charge in [-0.2, -0.15) is 0 Å². The molecule has 0 unspecified atom stereocenters. The number of sulfone groups is 1. The van der Waals surface area contributed by atoms with Crippen LogP contribution in [0.3, 0.4) is 0 Å². The van der Waals surface area contributed by atoms with E-state index in [-0.39, 0.29) is 5.91 Å². The highest BCUT2D eigenvalue weighted by Crippen LogP contribution is 2.15. The fraction of sp³-hybridized carbons (Fsp3) is 0.412. The number of carbonyl (C=O) groups is 1. The molecular weight excluding hydrogens is 312 g/mol. The van der Waals surface area contributed by atoms with E-state index in [4.69, 9.17) is 0 Å². The van der Waals surface area contributed by atoms with Crippen molar-refractivity contribution in [3.63, 3.8) is 0 Å². The summed E-state index contributed by atoms with van der Waals surface area (Å²) in [7, 11) is -3.33. The summed E-state index contributed by atoms with van der Waals surface area (Å²) < 4.78 is 22.8. The molecule has 23 heavy (non-hydrogen) atoms. The predicted octanol–water partition coefficient (Wildman–Crippen LogP) is 2.41. The maximum atomic E-state index is 12.3. The zero-order chi connectivity index (χ0) is 16.9. The Morgan fingerprint density at radius 3 is 2.70 bits per heavy atom. The number of benzene rings is 1. The van der Waals surface area contributed by atoms with Crippen LogP contribution in [0.25, 0.3) is 10.9 Å². The van der Waals surface area contributed by atoms with Crippen LogP contribution in [0.4, 0.5) is 0 Å². The molecule has 5 nitrogen and oxygen atoms in total. The highest BCUT2D eigenvalue weighted by Gasteiger charge is 2.18. The van der Waals surface area contributed by atoms with Gasteiger partial charge in [0.25, 0.3) is 0 Å². The molecule has 0 aliphatic carbocycles. The normalized spacial score (nSPS) is 11.6. The first-order valence-electron chi connectivity index (χ1n) is 7.68. The lowest BCUT2D eigenvalue weighted by Crippen LogP contribution is -2.35. The summed E-state index contributed by atoms with van der Waals surface area (Å²) in [6.45, 7) is 2.97. The molecule has 1 aromatic carbocycles. The van der Waals surface area contributed by atoms with E-state index in [0.717, 1.165) is 35.6 Å². The van der Waals surface area contributed by atoms with Gasteiger partial charge in [0.1, 0.15) is 5.75 Å². The van der Waals surface area contributed by atoms with Crippen LogP contribution in [0.5, 0.6) is 0 Å². The van der Waals surface area contributed by atoms with Crippen molar-refractivity contribution in [1.29, 1.82) is 0 Å². The summed E-state index contributed by atoms with van der Waals surface area (Å²) in [4.78, 5) is 18.3. The summed E-state index contributed by atoms with van der Waals surface area (Å²) in [5.74, 6) is -0.799. The Labute approximate surface area is 137 Å². The molecule has 1 amide bonds. The van der Waals surface area contributed by atoms with Gasteiger partial charge in [-0.15, -0.1) is 0 Å². The van der Waals surface area contributed by atoms with E-state index in [1.807, 2.05) is 37.3 Å². The molecule has 0 fully saturated rings. The molecule has 0 spiro atoms. The average molecular weight is 334 g/mol. The Morgan fingerprint density at radius 2 is 2.00 bits per heavy atom. The van der Waals surface area contributed by atoms with E-state index in [0.29, 0.717) is 13.1 Å². The van der Waals surface area contributed by atoms with Gasteiger partial charge in [0.2, 0.25) is 5.91 Å². The lowest BCUT2D eigenvalue weighted by Gasteiger charge is -2.22. The predicted molar refractivity (Wildman–Crippen MR) is 91.8 cm³/mol. The van der Waals surface area contributed by atoms with E-state index < -0.39 is 15.6 Å². The molecule has 6 heteroatoms. The summed E-state index contributed by atoms with van der Waals surface area (Å²) in [6, 6.07) is 9.77. The van der Waals surface area contributed by atoms with Crippen molar-refractivity contribution in [3.8, 4) is 0 Å². The quantitative estimate of drug-likeness (QED) is 0.780. The molecule has 0 saturated carbocycles. The van der Waals surface area contributed by atoms with E-state index in [9.17, 15) is 13.2 Å². The number of rotatable bonds is 7. The molecule has 124 valence electrons. The number of aromatic nitrogens is 1. The Morgan fingerprint density at radius 1 is 1.26 bits per heavy atom. The third kappa shape index (κ3) is 5.32. The second-order valence-corrected chi connectivity index (χ2v) is 7.92. The van der Waals surface area contributed by atoms with Crippen molar-refractivity contribution in [1.82, 2.24) is 9.88 Å². The van der Waals surface area contributed by atoms with Crippen molar-refractivity contribution < 1.29 is 13.2 Å². The molecule has 0 radical (unpaired) electrons. The molecule has 0 saturated heterocycles. The molecule has 1 aromatic heterocycles. The number of amides is 1. The standard InChI is InChI=1S/C17H22N2O3S/c1-3-4-9-19(17(20)13-23(2,21)22)12-14-10-15-7-5-6-8-16(15)18-11-14/h5-8,10-11H,3-4,9,12-13H2,1-2H3. The van der Waals surface area contributed by atoms with Gasteiger partial charge >= 0.3 is 0 Å². The fourth-order valence-corrected chi connectivity index (χ4v) is 3.01. The smallest absolute Gasteiger partial charge is 0.238 e. The molecule has 2 rings (SSSR count). The van der Waals surface area contributed by atoms with Crippen molar-refractivity contribution in [2.75, 3.05) is 18.6 Å². The van der Waals surface area contributed by atoms with Crippen LogP contribution < -0.4 is 0 Å². The average Bonchev–Trinajstić information content (AvgIpc) is 2.49. The minimum Gasteiger partial charge on any atom is -0.337 e. The zero-order valence-electron chi connectivity index (χ0n) is 13.5. The highest BCUT2D eigenvalue weighted by atomic mass is 32.2. The Bertz CT molecular complexity index is 787. The second-order valence-electron chi connectivity index (χ2n) is 5.78. The Balaban J connectivity index is 2.19. The molecular formula is C17H22N2O3S. The SMILES string of the molecule is CCCCN(Cc1cnc2ccccc2c1)C(=O)CS(C)(=O)=O. The molecule has 2 aromatic rings. The van der Waals surface area contributed by atoms with Crippen LogP contribution in [0.15, 0.2) is 36.5 Å². The number of para-hydroxylation sites is 1. The second kappa shape index (κ2) is 7.55. The van der Waals surface area contributed by atoms with E-state index >= 15 is 0 Å². The van der Waals surface area contributed by atoms with Crippen LogP contribution >= 0.6 is 0 Å². The van der Waals surface area contributed by atoms with Crippen molar-refractivity contribution in [2.45, 2.75) is 26.3 Å². The first kappa shape index (κ1) is 17.4. The number of unbranched alkanes of at least 4 members (excludes halogenated alkanes) is 1. The minimum absolute atomic E-state index is 0.353. The topological polar surface area (TPSA) is 67.3 Å². The monoisotopic (exact) mass is 334 g/mol. The summed E-state index contributed by atoms with van der Waals surface area (Å²) in [6.07, 6.45) is 4.62. The van der Waals surface area contributed by atoms with Gasteiger partial charge in [0.15, 0.2) is 9.84 Å². The number of hydrogen-bond donors (Lipinski definition) is 0. The largest absolute Gasteiger partial charge is 0.337 e. The number of pyridine rings is 1. The summed E-state index contributed by atoms with van der Waals surface area (Å²) >= 11 is 0. The van der Waals surface area contributed by atoms with Crippen LogP contribution in [-0.4, -0.2) is 42.8 Å². The molecule has 0 bridgehead atoms. The van der Waals surface area contributed by atoms with E-state index in [1.54, 1.807) is 11.1 Å². The van der Waals surface area contributed by atoms with Crippen molar-refractivity contribution in [2.24, 2.45) is 0 Å². The van der Waals surface area contributed by atoms with Gasteiger partial charge in [0.05, 0.1) is 5.52 Å². The molecule has 0 aliphatic rings. The van der Waals surface area contributed by atoms with Gasteiger partial charge in [-0.1, -0.05) is 31.5 Å². The highest BCUT2D eigenvalue weighted by molar-refractivity contribution is 7.91. The van der Waals surface area contributed by atoms with Gasteiger partial charge in [0, 0.05) is 30.9 Å². The Kier molecular flexibility index (Phi) is 5.71. The van der Waals surface area contributed by atoms with Crippen molar-refractivity contribution >= 4 is 26.6 Å². The maximum absolute atomic E-state index is 12.3. The van der Waals surface area contributed by atoms with E-state index in [2.05, 4.69) is 4.98 Å². The number of hydrogen-bond acceptors (Lipinski definition) is 4. The lowest BCUT2D eigenvalue weighted by molar-refractivity contribution is -0.129. The zero-order valence-corrected chi connectivity index (χ0v) is 14.3. The summed E-state index contributed by atoms with van der Waals surface area (Å²) in [5.41, 5.74) is 1.81.